The summed E-state index contributed by atoms with van der Waals surface area (Å²) >= 11 is 5.93. The minimum Gasteiger partial charge on any atom is -0.312 e. The predicted molar refractivity (Wildman–Crippen MR) is 98.5 cm³/mol. The highest BCUT2D eigenvalue weighted by Crippen LogP contribution is 2.30. The molecule has 1 N–H and O–H groups in total. The van der Waals surface area contributed by atoms with Crippen LogP contribution in [0, 0.1) is 0 Å². The first-order valence-corrected chi connectivity index (χ1v) is 9.88. The number of nitrogens with zero attached hydrogens (tertiary/aromatic N) is 1. The molecule has 7 heteroatoms. The first-order valence-electron chi connectivity index (χ1n) is 8.02. The van der Waals surface area contributed by atoms with E-state index in [1.165, 1.54) is 6.92 Å². The van der Waals surface area contributed by atoms with E-state index in [-0.39, 0.29) is 10.8 Å². The molecule has 0 aliphatic carbocycles. The van der Waals surface area contributed by atoms with Gasteiger partial charge in [-0.3, -0.25) is 4.79 Å². The Balaban J connectivity index is 1.69. The van der Waals surface area contributed by atoms with E-state index in [2.05, 4.69) is 4.72 Å². The summed E-state index contributed by atoms with van der Waals surface area (Å²) in [6.07, 6.45) is 1.23. The van der Waals surface area contributed by atoms with E-state index >= 15 is 0 Å². The summed E-state index contributed by atoms with van der Waals surface area (Å²) in [5.74, 6) is -0.0333. The first-order chi connectivity index (χ1) is 11.9. The summed E-state index contributed by atoms with van der Waals surface area (Å²) < 4.78 is 27.6. The van der Waals surface area contributed by atoms with Crippen molar-refractivity contribution in [3.63, 3.8) is 0 Å². The lowest BCUT2D eigenvalue weighted by molar-refractivity contribution is -0.116. The quantitative estimate of drug-likeness (QED) is 0.869. The zero-order chi connectivity index (χ0) is 18.0. The average molecular weight is 379 g/mol. The number of fused-ring (bicyclic) bond motifs is 1. The molecule has 25 heavy (non-hydrogen) atoms. The van der Waals surface area contributed by atoms with Gasteiger partial charge < -0.3 is 4.90 Å². The van der Waals surface area contributed by atoms with E-state index in [1.807, 2.05) is 18.2 Å². The Morgan fingerprint density at radius 3 is 2.76 bits per heavy atom. The number of carbonyl (C=O) groups is 1. The molecule has 0 fully saturated rings. The molecular formula is C18H19ClN2O3S. The second-order valence-electron chi connectivity index (χ2n) is 5.99. The van der Waals surface area contributed by atoms with Gasteiger partial charge in [-0.1, -0.05) is 23.7 Å². The number of halogens is 1. The van der Waals surface area contributed by atoms with Crippen LogP contribution in [0.3, 0.4) is 0 Å². The molecule has 2 aromatic rings. The van der Waals surface area contributed by atoms with Crippen LogP contribution >= 0.6 is 11.6 Å². The maximum Gasteiger partial charge on any atom is 0.240 e. The molecule has 3 rings (SSSR count). The number of sulfonamides is 1. The Kier molecular flexibility index (Phi) is 5.13. The molecule has 5 nitrogen and oxygen atoms in total. The van der Waals surface area contributed by atoms with Gasteiger partial charge in [-0.15, -0.1) is 0 Å². The van der Waals surface area contributed by atoms with E-state index in [0.29, 0.717) is 31.0 Å². The molecule has 2 aromatic carbocycles. The van der Waals surface area contributed by atoms with Crippen molar-refractivity contribution in [3.8, 4) is 0 Å². The van der Waals surface area contributed by atoms with E-state index in [4.69, 9.17) is 11.6 Å². The molecule has 0 saturated carbocycles. The minimum atomic E-state index is -3.59. The summed E-state index contributed by atoms with van der Waals surface area (Å²) in [6.45, 7) is 2.40. The zero-order valence-corrected chi connectivity index (χ0v) is 15.4. The molecule has 1 aliphatic rings. The molecule has 0 saturated heterocycles. The number of nitrogens with one attached hydrogen (secondary N) is 1. The summed E-state index contributed by atoms with van der Waals surface area (Å²) in [7, 11) is -3.59. The number of anilines is 1. The van der Waals surface area contributed by atoms with E-state index < -0.39 is 10.0 Å². The summed E-state index contributed by atoms with van der Waals surface area (Å²) in [5.41, 5.74) is 2.65. The number of benzene rings is 2. The lowest BCUT2D eigenvalue weighted by Gasteiger charge is -2.15. The van der Waals surface area contributed by atoms with Gasteiger partial charge in [0, 0.05) is 30.7 Å². The highest BCUT2D eigenvalue weighted by Gasteiger charge is 2.24. The maximum absolute atomic E-state index is 12.5. The molecule has 0 bridgehead atoms. The Hall–Kier alpha value is -1.89. The molecule has 0 unspecified atom stereocenters. The smallest absolute Gasteiger partial charge is 0.240 e. The standard InChI is InChI=1S/C18H19ClN2O3S/c1-13(22)21-10-8-15-12-17(5-6-18(15)21)25(23,24)20-9-7-14-3-2-4-16(19)11-14/h2-6,11-12,20H,7-10H2,1H3. The SMILES string of the molecule is CC(=O)N1CCc2cc(S(=O)(=O)NCCc3cccc(Cl)c3)ccc21. The van der Waals surface area contributed by atoms with Crippen LogP contribution in [0.25, 0.3) is 0 Å². The number of hydrogen-bond acceptors (Lipinski definition) is 3. The van der Waals surface area contributed by atoms with Gasteiger partial charge in [0.05, 0.1) is 4.90 Å². The lowest BCUT2D eigenvalue weighted by Crippen LogP contribution is -2.26. The van der Waals surface area contributed by atoms with Crippen molar-refractivity contribution in [2.24, 2.45) is 0 Å². The van der Waals surface area contributed by atoms with Crippen molar-refractivity contribution in [1.29, 1.82) is 0 Å². The maximum atomic E-state index is 12.5. The molecule has 0 radical (unpaired) electrons. The van der Waals surface area contributed by atoms with Crippen LogP contribution in [0.2, 0.25) is 5.02 Å². The van der Waals surface area contributed by atoms with E-state index in [0.717, 1.165) is 16.8 Å². The Morgan fingerprint density at radius 2 is 2.04 bits per heavy atom. The second kappa shape index (κ2) is 7.15. The normalized spacial score (nSPS) is 13.8. The summed E-state index contributed by atoms with van der Waals surface area (Å²) in [6, 6.07) is 12.3. The highest BCUT2D eigenvalue weighted by molar-refractivity contribution is 7.89. The van der Waals surface area contributed by atoms with Gasteiger partial charge in [0.2, 0.25) is 15.9 Å². The van der Waals surface area contributed by atoms with E-state index in [1.54, 1.807) is 29.2 Å². The van der Waals surface area contributed by atoms with Crippen molar-refractivity contribution >= 4 is 33.2 Å². The van der Waals surface area contributed by atoms with Crippen LogP contribution in [0.4, 0.5) is 5.69 Å². The molecular weight excluding hydrogens is 360 g/mol. The van der Waals surface area contributed by atoms with Gasteiger partial charge in [0.1, 0.15) is 0 Å². The van der Waals surface area contributed by atoms with Crippen molar-refractivity contribution in [2.45, 2.75) is 24.7 Å². The fourth-order valence-electron chi connectivity index (χ4n) is 2.98. The first kappa shape index (κ1) is 17.9. The van der Waals surface area contributed by atoms with Gasteiger partial charge >= 0.3 is 0 Å². The van der Waals surface area contributed by atoms with Crippen molar-refractivity contribution < 1.29 is 13.2 Å². The lowest BCUT2D eigenvalue weighted by atomic mass is 10.2. The van der Waals surface area contributed by atoms with Gasteiger partial charge in [-0.2, -0.15) is 0 Å². The number of amides is 1. The Morgan fingerprint density at radius 1 is 1.24 bits per heavy atom. The third-order valence-corrected chi connectivity index (χ3v) is 5.93. The van der Waals surface area contributed by atoms with Gasteiger partial charge in [-0.05, 0) is 54.3 Å². The third kappa shape index (κ3) is 4.03. The van der Waals surface area contributed by atoms with Crippen molar-refractivity contribution in [1.82, 2.24) is 4.72 Å². The topological polar surface area (TPSA) is 66.5 Å². The van der Waals surface area contributed by atoms with Crippen LogP contribution in [0.1, 0.15) is 18.1 Å². The molecule has 1 amide bonds. The molecule has 1 heterocycles. The van der Waals surface area contributed by atoms with Gasteiger partial charge in [0.25, 0.3) is 0 Å². The van der Waals surface area contributed by atoms with Crippen LogP contribution in [0.5, 0.6) is 0 Å². The molecule has 0 atom stereocenters. The summed E-state index contributed by atoms with van der Waals surface area (Å²) in [4.78, 5) is 13.5. The van der Waals surface area contributed by atoms with E-state index in [9.17, 15) is 13.2 Å². The molecule has 132 valence electrons. The van der Waals surface area contributed by atoms with Gasteiger partial charge in [0.15, 0.2) is 0 Å². The number of hydrogen-bond donors (Lipinski definition) is 1. The van der Waals surface area contributed by atoms with Gasteiger partial charge in [-0.25, -0.2) is 13.1 Å². The predicted octanol–water partition coefficient (Wildman–Crippen LogP) is 2.77. The fraction of sp³-hybridized carbons (Fsp3) is 0.278. The molecule has 1 aliphatic heterocycles. The third-order valence-electron chi connectivity index (χ3n) is 4.23. The minimum absolute atomic E-state index is 0.0333. The molecule has 0 aromatic heterocycles. The van der Waals surface area contributed by atoms with Crippen LogP contribution < -0.4 is 9.62 Å². The monoisotopic (exact) mass is 378 g/mol. The van der Waals surface area contributed by atoms with Crippen LogP contribution in [-0.4, -0.2) is 27.4 Å². The van der Waals surface area contributed by atoms with Crippen molar-refractivity contribution in [2.75, 3.05) is 18.0 Å². The largest absolute Gasteiger partial charge is 0.312 e. The number of rotatable bonds is 5. The highest BCUT2D eigenvalue weighted by atomic mass is 35.5. The van der Waals surface area contributed by atoms with Crippen LogP contribution in [0.15, 0.2) is 47.4 Å². The average Bonchev–Trinajstić information content (AvgIpc) is 2.98. The molecule has 0 spiro atoms. The van der Waals surface area contributed by atoms with Crippen LogP contribution in [-0.2, 0) is 27.7 Å². The summed E-state index contributed by atoms with van der Waals surface area (Å²) in [5, 5.41) is 0.633. The van der Waals surface area contributed by atoms with Crippen molar-refractivity contribution in [3.05, 3.63) is 58.6 Å². The number of carbonyl (C=O) groups excluding carboxylic acids is 1. The Labute approximate surface area is 152 Å². The Bertz CT molecular complexity index is 912. The fourth-order valence-corrected chi connectivity index (χ4v) is 4.27. The zero-order valence-electron chi connectivity index (χ0n) is 13.8. The second-order valence-corrected chi connectivity index (χ2v) is 8.19.